The van der Waals surface area contributed by atoms with Gasteiger partial charge in [0, 0.05) is 26.2 Å². The van der Waals surface area contributed by atoms with Crippen molar-refractivity contribution in [3.63, 3.8) is 0 Å². The minimum Gasteiger partial charge on any atom is -0.404 e. The Kier molecular flexibility index (Phi) is 10.7. The Hall–Kier alpha value is -2.56. The molecule has 0 spiro atoms. The molecule has 18 heavy (non-hydrogen) atoms. The second-order valence-corrected chi connectivity index (χ2v) is 2.75. The van der Waals surface area contributed by atoms with Crippen LogP contribution in [0, 0.1) is 48.6 Å². The highest BCUT2D eigenvalue weighted by Crippen LogP contribution is 2.02. The van der Waals surface area contributed by atoms with Crippen LogP contribution in [0.3, 0.4) is 0 Å². The molecule has 1 unspecified atom stereocenters. The molecule has 1 atom stereocenters. The average Bonchev–Trinajstić information content (AvgIpc) is 2.39. The van der Waals surface area contributed by atoms with Gasteiger partial charge in [0.05, 0.1) is 0 Å². The molecule has 0 N–H and O–H groups in total. The lowest BCUT2D eigenvalue weighted by atomic mass is 10.3. The molecule has 0 heterocycles. The fraction of sp³-hybridized carbons (Fsp3) is 0.429. The third-order valence-electron chi connectivity index (χ3n) is 1.44. The lowest BCUT2D eigenvalue weighted by Gasteiger charge is -2.09. The lowest BCUT2D eigenvalue weighted by Crippen LogP contribution is -2.11. The predicted molar refractivity (Wildman–Crippen MR) is 65.5 cm³/mol. The summed E-state index contributed by atoms with van der Waals surface area (Å²) in [7, 11) is 0. The van der Waals surface area contributed by atoms with E-state index in [0.717, 1.165) is 0 Å². The van der Waals surface area contributed by atoms with Gasteiger partial charge in [-0.25, -0.2) is 9.78 Å². The first-order valence-electron chi connectivity index (χ1n) is 5.32. The van der Waals surface area contributed by atoms with Gasteiger partial charge in [0.1, 0.15) is 12.2 Å². The molecular weight excluding hydrogens is 232 g/mol. The Morgan fingerprint density at radius 3 is 2.39 bits per heavy atom. The van der Waals surface area contributed by atoms with Crippen LogP contribution in [0.5, 0.6) is 0 Å². The monoisotopic (exact) mass is 246 g/mol. The SMILES string of the molecule is C#COC(CCC#COOC#CCC)OC#CC. The van der Waals surface area contributed by atoms with Crippen molar-refractivity contribution in [3.8, 4) is 48.6 Å². The van der Waals surface area contributed by atoms with Crippen LogP contribution in [0.25, 0.3) is 0 Å². The molecule has 0 rings (SSSR count). The van der Waals surface area contributed by atoms with E-state index < -0.39 is 6.29 Å². The van der Waals surface area contributed by atoms with Crippen molar-refractivity contribution in [1.29, 1.82) is 0 Å². The second kappa shape index (κ2) is 12.5. The molecule has 0 aliphatic heterocycles. The largest absolute Gasteiger partial charge is 0.404 e. The molecule has 0 aromatic heterocycles. The van der Waals surface area contributed by atoms with E-state index in [2.05, 4.69) is 45.9 Å². The molecule has 0 aromatic rings. The van der Waals surface area contributed by atoms with Crippen molar-refractivity contribution in [2.45, 2.75) is 39.4 Å². The van der Waals surface area contributed by atoms with E-state index in [4.69, 9.17) is 15.9 Å². The van der Waals surface area contributed by atoms with Crippen LogP contribution in [0.1, 0.15) is 33.1 Å². The third-order valence-corrected chi connectivity index (χ3v) is 1.44. The Bertz CT molecular complexity index is 428. The van der Waals surface area contributed by atoms with Crippen LogP contribution in [0.15, 0.2) is 0 Å². The van der Waals surface area contributed by atoms with E-state index in [9.17, 15) is 0 Å². The molecule has 0 bridgehead atoms. The van der Waals surface area contributed by atoms with E-state index in [1.807, 2.05) is 13.0 Å². The third kappa shape index (κ3) is 9.97. The first-order chi connectivity index (χ1) is 8.85. The number of hydrogen-bond donors (Lipinski definition) is 0. The van der Waals surface area contributed by atoms with Gasteiger partial charge in [0.2, 0.25) is 0 Å². The summed E-state index contributed by atoms with van der Waals surface area (Å²) in [5.74, 6) is 7.91. The van der Waals surface area contributed by atoms with E-state index in [-0.39, 0.29) is 0 Å². The van der Waals surface area contributed by atoms with Crippen molar-refractivity contribution in [2.24, 2.45) is 0 Å². The molecule has 4 nitrogen and oxygen atoms in total. The summed E-state index contributed by atoms with van der Waals surface area (Å²) >= 11 is 0. The number of terminal acetylenes is 1. The molecule has 0 saturated carbocycles. The zero-order valence-electron chi connectivity index (χ0n) is 10.4. The van der Waals surface area contributed by atoms with Crippen LogP contribution in [-0.2, 0) is 19.2 Å². The minimum atomic E-state index is -0.599. The summed E-state index contributed by atoms with van der Waals surface area (Å²) in [5.41, 5.74) is 0. The maximum atomic E-state index is 5.00. The topological polar surface area (TPSA) is 36.9 Å². The standard InChI is InChI=1S/C14H14O4/c1-4-7-12-17-18-13-9-8-10-14(15-6-3)16-11-5-2/h3,14H,4,8,10H2,1-2H3. The average molecular weight is 246 g/mol. The normalized spacial score (nSPS) is 8.72. The Balaban J connectivity index is 3.80. The molecule has 0 fully saturated rings. The van der Waals surface area contributed by atoms with Crippen molar-refractivity contribution >= 4 is 0 Å². The number of hydrogen-bond acceptors (Lipinski definition) is 4. The molecule has 94 valence electrons. The van der Waals surface area contributed by atoms with Crippen LogP contribution in [0.4, 0.5) is 0 Å². The highest BCUT2D eigenvalue weighted by Gasteiger charge is 2.06. The quantitative estimate of drug-likeness (QED) is 0.244. The molecule has 0 saturated heterocycles. The van der Waals surface area contributed by atoms with Crippen LogP contribution >= 0.6 is 0 Å². The van der Waals surface area contributed by atoms with Gasteiger partial charge in [-0.2, -0.15) is 0 Å². The Morgan fingerprint density at radius 2 is 1.78 bits per heavy atom. The van der Waals surface area contributed by atoms with E-state index in [1.54, 1.807) is 6.92 Å². The highest BCUT2D eigenvalue weighted by molar-refractivity contribution is 4.93. The fourth-order valence-corrected chi connectivity index (χ4v) is 0.756. The zero-order valence-corrected chi connectivity index (χ0v) is 10.4. The molecule has 0 amide bonds. The maximum Gasteiger partial charge on any atom is 0.262 e. The van der Waals surface area contributed by atoms with Gasteiger partial charge in [-0.3, -0.25) is 0 Å². The summed E-state index contributed by atoms with van der Waals surface area (Å²) in [6.07, 6.45) is 15.1. The van der Waals surface area contributed by atoms with Gasteiger partial charge in [0.15, 0.2) is 12.2 Å². The molecule has 0 aromatic carbocycles. The molecular formula is C14H14O4. The van der Waals surface area contributed by atoms with E-state index in [1.165, 1.54) is 0 Å². The van der Waals surface area contributed by atoms with Gasteiger partial charge in [-0.05, 0) is 0 Å². The smallest absolute Gasteiger partial charge is 0.262 e. The van der Waals surface area contributed by atoms with Crippen molar-refractivity contribution in [2.75, 3.05) is 0 Å². The maximum absolute atomic E-state index is 5.00. The van der Waals surface area contributed by atoms with Crippen molar-refractivity contribution < 1.29 is 19.2 Å². The predicted octanol–water partition coefficient (Wildman–Crippen LogP) is 1.98. The molecule has 0 aliphatic carbocycles. The second-order valence-electron chi connectivity index (χ2n) is 2.75. The van der Waals surface area contributed by atoms with Gasteiger partial charge in [-0.1, -0.05) is 31.1 Å². The summed E-state index contributed by atoms with van der Waals surface area (Å²) in [4.78, 5) is 8.92. The van der Waals surface area contributed by atoms with Crippen LogP contribution in [-0.4, -0.2) is 6.29 Å². The van der Waals surface area contributed by atoms with E-state index in [0.29, 0.717) is 19.3 Å². The number of ether oxygens (including phenoxy) is 2. The fourth-order valence-electron chi connectivity index (χ4n) is 0.756. The summed E-state index contributed by atoms with van der Waals surface area (Å²) < 4.78 is 9.85. The van der Waals surface area contributed by atoms with Crippen molar-refractivity contribution in [3.05, 3.63) is 0 Å². The Morgan fingerprint density at radius 1 is 1.06 bits per heavy atom. The van der Waals surface area contributed by atoms with Crippen LogP contribution in [0.2, 0.25) is 0 Å². The molecule has 4 heteroatoms. The van der Waals surface area contributed by atoms with Crippen LogP contribution < -0.4 is 0 Å². The van der Waals surface area contributed by atoms with Crippen molar-refractivity contribution in [1.82, 2.24) is 0 Å². The summed E-state index contributed by atoms with van der Waals surface area (Å²) in [5, 5.41) is 0. The molecule has 0 radical (unpaired) electrons. The van der Waals surface area contributed by atoms with Gasteiger partial charge >= 0.3 is 0 Å². The summed E-state index contributed by atoms with van der Waals surface area (Å²) in [6, 6.07) is 0. The van der Waals surface area contributed by atoms with Gasteiger partial charge in [0.25, 0.3) is 6.29 Å². The first-order valence-corrected chi connectivity index (χ1v) is 5.32. The molecule has 0 aliphatic rings. The van der Waals surface area contributed by atoms with Gasteiger partial charge < -0.3 is 9.47 Å². The Labute approximate surface area is 108 Å². The lowest BCUT2D eigenvalue weighted by molar-refractivity contribution is -0.167. The highest BCUT2D eigenvalue weighted by atomic mass is 17.2. The van der Waals surface area contributed by atoms with Gasteiger partial charge in [-0.15, -0.1) is 0 Å². The number of rotatable bonds is 5. The first kappa shape index (κ1) is 15.4. The zero-order chi connectivity index (χ0) is 13.5. The van der Waals surface area contributed by atoms with E-state index >= 15 is 0 Å². The summed E-state index contributed by atoms with van der Waals surface area (Å²) in [6.45, 7) is 3.54. The minimum absolute atomic E-state index is 0.461.